The fourth-order valence-electron chi connectivity index (χ4n) is 2.19. The first-order chi connectivity index (χ1) is 12.4. The van der Waals surface area contributed by atoms with E-state index in [1.807, 2.05) is 0 Å². The third-order valence-corrected chi connectivity index (χ3v) is 4.14. The minimum Gasteiger partial charge on any atom is -0.324 e. The smallest absolute Gasteiger partial charge is 0.238 e. The summed E-state index contributed by atoms with van der Waals surface area (Å²) in [5, 5.41) is 5.84. The first kappa shape index (κ1) is 20.2. The first-order valence-electron chi connectivity index (χ1n) is 7.83. The van der Waals surface area contributed by atoms with Crippen LogP contribution in [0.4, 0.5) is 15.8 Å². The summed E-state index contributed by atoms with van der Waals surface area (Å²) in [4.78, 5) is 25.7. The lowest BCUT2D eigenvalue weighted by Gasteiger charge is -2.17. The topological polar surface area (TPSA) is 61.4 Å². The molecule has 2 amide bonds. The summed E-state index contributed by atoms with van der Waals surface area (Å²) < 4.78 is 13.5. The first-order valence-corrected chi connectivity index (χ1v) is 8.59. The van der Waals surface area contributed by atoms with Crippen molar-refractivity contribution in [2.24, 2.45) is 0 Å². The number of hydrogen-bond acceptors (Lipinski definition) is 3. The molecule has 2 aromatic rings. The highest BCUT2D eigenvalue weighted by molar-refractivity contribution is 6.39. The lowest BCUT2D eigenvalue weighted by molar-refractivity contribution is -0.119. The van der Waals surface area contributed by atoms with Crippen molar-refractivity contribution >= 4 is 46.4 Å². The third-order valence-electron chi connectivity index (χ3n) is 3.51. The van der Waals surface area contributed by atoms with Crippen molar-refractivity contribution in [1.29, 1.82) is 0 Å². The Kier molecular flexibility index (Phi) is 7.38. The molecule has 0 aliphatic heterocycles. The number of carbonyl (C=O) groups excluding carboxylic acids is 2. The molecule has 0 heterocycles. The number of hydrogen-bond donors (Lipinski definition) is 2. The Balaban J connectivity index is 1.79. The second-order valence-corrected chi connectivity index (χ2v) is 6.48. The molecule has 138 valence electrons. The Labute approximate surface area is 161 Å². The van der Waals surface area contributed by atoms with Gasteiger partial charge in [-0.3, -0.25) is 14.5 Å². The maximum Gasteiger partial charge on any atom is 0.238 e. The van der Waals surface area contributed by atoms with Gasteiger partial charge in [-0.1, -0.05) is 41.4 Å². The summed E-state index contributed by atoms with van der Waals surface area (Å²) in [5.74, 6) is -1.14. The lowest BCUT2D eigenvalue weighted by atomic mass is 10.3. The van der Waals surface area contributed by atoms with E-state index < -0.39 is 5.82 Å². The van der Waals surface area contributed by atoms with Gasteiger partial charge in [0.15, 0.2) is 0 Å². The summed E-state index contributed by atoms with van der Waals surface area (Å²) in [6, 6.07) is 10.9. The molecule has 0 unspecified atom stereocenters. The van der Waals surface area contributed by atoms with Gasteiger partial charge in [-0.15, -0.1) is 0 Å². The highest BCUT2D eigenvalue weighted by Gasteiger charge is 2.13. The van der Waals surface area contributed by atoms with E-state index in [4.69, 9.17) is 23.2 Å². The maximum atomic E-state index is 13.5. The van der Waals surface area contributed by atoms with Crippen LogP contribution >= 0.6 is 23.2 Å². The highest BCUT2D eigenvalue weighted by atomic mass is 35.5. The van der Waals surface area contributed by atoms with Crippen molar-refractivity contribution in [2.45, 2.75) is 6.42 Å². The predicted octanol–water partition coefficient (Wildman–Crippen LogP) is 4.03. The SMILES string of the molecule is CN(CCC(=O)Nc1ccccc1F)CC(=O)Nc1c(Cl)cccc1Cl. The predicted molar refractivity (Wildman–Crippen MR) is 102 cm³/mol. The van der Waals surface area contributed by atoms with Gasteiger partial charge in [0.25, 0.3) is 0 Å². The summed E-state index contributed by atoms with van der Waals surface area (Å²) in [6.07, 6.45) is 0.116. The summed E-state index contributed by atoms with van der Waals surface area (Å²) in [6.45, 7) is 0.374. The summed E-state index contributed by atoms with van der Waals surface area (Å²) >= 11 is 12.0. The largest absolute Gasteiger partial charge is 0.324 e. The molecule has 2 rings (SSSR count). The zero-order valence-corrected chi connectivity index (χ0v) is 15.6. The van der Waals surface area contributed by atoms with Gasteiger partial charge in [-0.2, -0.15) is 0 Å². The number of carbonyl (C=O) groups is 2. The normalized spacial score (nSPS) is 10.7. The van der Waals surface area contributed by atoms with Crippen molar-refractivity contribution in [2.75, 3.05) is 30.8 Å². The maximum absolute atomic E-state index is 13.5. The molecule has 0 radical (unpaired) electrons. The molecule has 0 atom stereocenters. The number of halogens is 3. The van der Waals surface area contributed by atoms with Crippen LogP contribution in [0.2, 0.25) is 10.0 Å². The number of benzene rings is 2. The van der Waals surface area contributed by atoms with Crippen molar-refractivity contribution in [3.8, 4) is 0 Å². The van der Waals surface area contributed by atoms with E-state index in [0.29, 0.717) is 22.3 Å². The molecule has 0 aliphatic carbocycles. The number of anilines is 2. The molecule has 2 aromatic carbocycles. The van der Waals surface area contributed by atoms with Gasteiger partial charge in [0.05, 0.1) is 28.0 Å². The number of rotatable bonds is 7. The molecular weight excluding hydrogens is 380 g/mol. The molecule has 0 aromatic heterocycles. The van der Waals surface area contributed by atoms with Crippen LogP contribution in [0.25, 0.3) is 0 Å². The van der Waals surface area contributed by atoms with Crippen LogP contribution in [-0.4, -0.2) is 36.9 Å². The Hall–Kier alpha value is -2.15. The third kappa shape index (κ3) is 5.98. The fraction of sp³-hybridized carbons (Fsp3) is 0.222. The standard InChI is InChI=1S/C18H18Cl2FN3O2/c1-24(10-9-16(25)22-15-8-3-2-7-14(15)21)11-17(26)23-18-12(19)5-4-6-13(18)20/h2-8H,9-11H2,1H3,(H,22,25)(H,23,26). The van der Waals surface area contributed by atoms with Crippen LogP contribution in [0.15, 0.2) is 42.5 Å². The average molecular weight is 398 g/mol. The van der Waals surface area contributed by atoms with Crippen LogP contribution < -0.4 is 10.6 Å². The number of likely N-dealkylation sites (N-methyl/N-ethyl adjacent to an activating group) is 1. The molecule has 2 N–H and O–H groups in total. The average Bonchev–Trinajstić information content (AvgIpc) is 2.58. The van der Waals surface area contributed by atoms with E-state index in [1.165, 1.54) is 12.1 Å². The van der Waals surface area contributed by atoms with Crippen LogP contribution in [0, 0.1) is 5.82 Å². The van der Waals surface area contributed by atoms with Crippen LogP contribution in [0.1, 0.15) is 6.42 Å². The lowest BCUT2D eigenvalue weighted by Crippen LogP contribution is -2.32. The number of para-hydroxylation sites is 2. The molecule has 0 bridgehead atoms. The van der Waals surface area contributed by atoms with Crippen molar-refractivity contribution in [3.63, 3.8) is 0 Å². The minimum absolute atomic E-state index is 0.0501. The Bertz CT molecular complexity index is 782. The van der Waals surface area contributed by atoms with Gasteiger partial charge in [0.1, 0.15) is 5.82 Å². The molecular formula is C18H18Cl2FN3O2. The van der Waals surface area contributed by atoms with Crippen LogP contribution in [0.5, 0.6) is 0 Å². The molecule has 0 aliphatic rings. The Morgan fingerprint density at radius 2 is 1.65 bits per heavy atom. The van der Waals surface area contributed by atoms with E-state index >= 15 is 0 Å². The number of nitrogens with one attached hydrogen (secondary N) is 2. The quantitative estimate of drug-likeness (QED) is 0.741. The van der Waals surface area contributed by atoms with E-state index in [9.17, 15) is 14.0 Å². The van der Waals surface area contributed by atoms with E-state index in [0.717, 1.165) is 0 Å². The Morgan fingerprint density at radius 1 is 1.00 bits per heavy atom. The molecule has 8 heteroatoms. The van der Waals surface area contributed by atoms with Crippen LogP contribution in [-0.2, 0) is 9.59 Å². The van der Waals surface area contributed by atoms with Gasteiger partial charge in [0.2, 0.25) is 11.8 Å². The molecule has 26 heavy (non-hydrogen) atoms. The summed E-state index contributed by atoms with van der Waals surface area (Å²) in [7, 11) is 1.70. The molecule has 0 saturated heterocycles. The van der Waals surface area contributed by atoms with E-state index in [1.54, 1.807) is 42.3 Å². The van der Waals surface area contributed by atoms with Crippen LogP contribution in [0.3, 0.4) is 0 Å². The monoisotopic (exact) mass is 397 g/mol. The number of nitrogens with zero attached hydrogens (tertiary/aromatic N) is 1. The van der Waals surface area contributed by atoms with Gasteiger partial charge in [0, 0.05) is 13.0 Å². The summed E-state index contributed by atoms with van der Waals surface area (Å²) in [5.41, 5.74) is 0.484. The second kappa shape index (κ2) is 9.52. The molecule has 5 nitrogen and oxygen atoms in total. The van der Waals surface area contributed by atoms with Crippen molar-refractivity contribution < 1.29 is 14.0 Å². The zero-order chi connectivity index (χ0) is 19.1. The molecule has 0 fully saturated rings. The highest BCUT2D eigenvalue weighted by Crippen LogP contribution is 2.29. The number of amides is 2. The van der Waals surface area contributed by atoms with E-state index in [2.05, 4.69) is 10.6 Å². The van der Waals surface area contributed by atoms with Gasteiger partial charge in [-0.25, -0.2) is 4.39 Å². The Morgan fingerprint density at radius 3 is 2.31 bits per heavy atom. The minimum atomic E-state index is -0.495. The van der Waals surface area contributed by atoms with Crippen molar-refractivity contribution in [3.05, 3.63) is 58.3 Å². The fourth-order valence-corrected chi connectivity index (χ4v) is 2.68. The van der Waals surface area contributed by atoms with Crippen molar-refractivity contribution in [1.82, 2.24) is 4.90 Å². The van der Waals surface area contributed by atoms with E-state index in [-0.39, 0.29) is 30.5 Å². The van der Waals surface area contributed by atoms with Gasteiger partial charge >= 0.3 is 0 Å². The molecule has 0 spiro atoms. The molecule has 0 saturated carbocycles. The zero-order valence-electron chi connectivity index (χ0n) is 14.1. The van der Waals surface area contributed by atoms with Gasteiger partial charge < -0.3 is 10.6 Å². The van der Waals surface area contributed by atoms with Gasteiger partial charge in [-0.05, 0) is 31.3 Å². The second-order valence-electron chi connectivity index (χ2n) is 5.66.